The van der Waals surface area contributed by atoms with E-state index in [4.69, 9.17) is 0 Å². The van der Waals surface area contributed by atoms with Crippen LogP contribution in [0.5, 0.6) is 0 Å². The molecule has 0 aliphatic carbocycles. The van der Waals surface area contributed by atoms with Crippen LogP contribution < -0.4 is 0 Å². The second-order valence-corrected chi connectivity index (χ2v) is 6.43. The zero-order valence-corrected chi connectivity index (χ0v) is 14.2. The molecule has 0 spiro atoms. The average Bonchev–Trinajstić information content (AvgIpc) is 2.54. The molecule has 3 aromatic rings. The molecule has 0 N–H and O–H groups in total. The summed E-state index contributed by atoms with van der Waals surface area (Å²) in [6, 6.07) is 12.9. The molecule has 112 valence electrons. The zero-order chi connectivity index (χ0) is 15.7. The van der Waals surface area contributed by atoms with Crippen LogP contribution in [0.4, 0.5) is 4.39 Å². The van der Waals surface area contributed by atoms with Crippen LogP contribution >= 0.6 is 15.9 Å². The van der Waals surface area contributed by atoms with Crippen molar-refractivity contribution in [3.05, 3.63) is 64.6 Å². The van der Waals surface area contributed by atoms with Crippen molar-refractivity contribution in [2.24, 2.45) is 0 Å². The lowest BCUT2D eigenvalue weighted by atomic mass is 9.95. The normalized spacial score (nSPS) is 12.5. The lowest BCUT2D eigenvalue weighted by Crippen LogP contribution is -1.97. The number of hydrogen-bond donors (Lipinski definition) is 0. The van der Waals surface area contributed by atoms with E-state index in [1.807, 2.05) is 18.3 Å². The van der Waals surface area contributed by atoms with Gasteiger partial charge in [-0.05, 0) is 63.0 Å². The van der Waals surface area contributed by atoms with Crippen molar-refractivity contribution in [1.29, 1.82) is 0 Å². The summed E-state index contributed by atoms with van der Waals surface area (Å²) in [5, 5.41) is 2.27. The summed E-state index contributed by atoms with van der Waals surface area (Å²) < 4.78 is 14.5. The minimum atomic E-state index is -0.216. The monoisotopic (exact) mass is 357 g/mol. The molecule has 0 radical (unpaired) electrons. The maximum atomic E-state index is 13.5. The van der Waals surface area contributed by atoms with Crippen LogP contribution in [0.1, 0.15) is 31.9 Å². The van der Waals surface area contributed by atoms with Gasteiger partial charge in [0.25, 0.3) is 0 Å². The molecule has 0 amide bonds. The fourth-order valence-corrected chi connectivity index (χ4v) is 3.11. The van der Waals surface area contributed by atoms with E-state index in [0.29, 0.717) is 5.92 Å². The molecule has 0 saturated carbocycles. The molecule has 22 heavy (non-hydrogen) atoms. The number of aromatic nitrogens is 1. The number of fused-ring (bicyclic) bond motifs is 1. The molecule has 0 bridgehead atoms. The maximum Gasteiger partial charge on any atom is 0.123 e. The molecule has 0 fully saturated rings. The summed E-state index contributed by atoms with van der Waals surface area (Å²) in [6.07, 6.45) is 2.90. The summed E-state index contributed by atoms with van der Waals surface area (Å²) in [5.74, 6) is 0.172. The van der Waals surface area contributed by atoms with Gasteiger partial charge in [-0.2, -0.15) is 0 Å². The van der Waals surface area contributed by atoms with Crippen LogP contribution in [0, 0.1) is 5.82 Å². The van der Waals surface area contributed by atoms with Crippen molar-refractivity contribution in [2.75, 3.05) is 0 Å². The largest absolute Gasteiger partial charge is 0.259 e. The van der Waals surface area contributed by atoms with Crippen molar-refractivity contribution >= 4 is 26.7 Å². The number of hydrogen-bond acceptors (Lipinski definition) is 1. The van der Waals surface area contributed by atoms with Crippen LogP contribution in [0.3, 0.4) is 0 Å². The Bertz CT molecular complexity index is 829. The summed E-state index contributed by atoms with van der Waals surface area (Å²) in [7, 11) is 0. The SMILES string of the molecule is CCC(C)c1ncc(Br)c2ccc(-c3cccc(F)c3)cc12. The van der Waals surface area contributed by atoms with Gasteiger partial charge in [-0.25, -0.2) is 4.39 Å². The smallest absolute Gasteiger partial charge is 0.123 e. The van der Waals surface area contributed by atoms with Crippen LogP contribution in [0.2, 0.25) is 0 Å². The second-order valence-electron chi connectivity index (χ2n) is 5.57. The first-order valence-electron chi connectivity index (χ1n) is 7.44. The van der Waals surface area contributed by atoms with Crippen LogP contribution in [0.25, 0.3) is 21.9 Å². The van der Waals surface area contributed by atoms with Crippen LogP contribution in [-0.4, -0.2) is 4.98 Å². The van der Waals surface area contributed by atoms with Gasteiger partial charge in [-0.15, -0.1) is 0 Å². The van der Waals surface area contributed by atoms with E-state index < -0.39 is 0 Å². The number of nitrogens with zero attached hydrogens (tertiary/aromatic N) is 1. The Morgan fingerprint density at radius 2 is 1.86 bits per heavy atom. The predicted octanol–water partition coefficient (Wildman–Crippen LogP) is 6.32. The summed E-state index contributed by atoms with van der Waals surface area (Å²) in [4.78, 5) is 4.61. The van der Waals surface area contributed by atoms with Gasteiger partial charge in [0.2, 0.25) is 0 Å². The highest BCUT2D eigenvalue weighted by Crippen LogP contribution is 2.33. The fourth-order valence-electron chi connectivity index (χ4n) is 2.66. The van der Waals surface area contributed by atoms with E-state index >= 15 is 0 Å². The standard InChI is InChI=1S/C19H17BrFN/c1-3-12(2)19-17-10-14(13-5-4-6-15(21)9-13)7-8-16(17)18(20)11-22-19/h4-12H,3H2,1-2H3. The first-order chi connectivity index (χ1) is 10.6. The van der Waals surface area contributed by atoms with E-state index in [2.05, 4.69) is 46.9 Å². The fraction of sp³-hybridized carbons (Fsp3) is 0.211. The lowest BCUT2D eigenvalue weighted by Gasteiger charge is -2.14. The number of halogens is 2. The Labute approximate surface area is 138 Å². The highest BCUT2D eigenvalue weighted by Gasteiger charge is 2.12. The van der Waals surface area contributed by atoms with Crippen LogP contribution in [0.15, 0.2) is 53.1 Å². The van der Waals surface area contributed by atoms with E-state index in [1.165, 1.54) is 6.07 Å². The quantitative estimate of drug-likeness (QED) is 0.534. The van der Waals surface area contributed by atoms with Gasteiger partial charge in [-0.1, -0.05) is 38.1 Å². The first kappa shape index (κ1) is 15.2. The first-order valence-corrected chi connectivity index (χ1v) is 8.23. The maximum absolute atomic E-state index is 13.5. The highest BCUT2D eigenvalue weighted by molar-refractivity contribution is 9.10. The third-order valence-electron chi connectivity index (χ3n) is 4.11. The molecule has 1 nitrogen and oxygen atoms in total. The molecular formula is C19H17BrFN. The van der Waals surface area contributed by atoms with Gasteiger partial charge in [0.15, 0.2) is 0 Å². The molecule has 3 heteroatoms. The minimum Gasteiger partial charge on any atom is -0.259 e. The van der Waals surface area contributed by atoms with Gasteiger partial charge in [-0.3, -0.25) is 4.98 Å². The van der Waals surface area contributed by atoms with Crippen molar-refractivity contribution in [3.63, 3.8) is 0 Å². The Morgan fingerprint density at radius 3 is 2.59 bits per heavy atom. The van der Waals surface area contributed by atoms with Crippen molar-refractivity contribution in [1.82, 2.24) is 4.98 Å². The minimum absolute atomic E-state index is 0.216. The van der Waals surface area contributed by atoms with Gasteiger partial charge < -0.3 is 0 Å². The second kappa shape index (κ2) is 6.17. The highest BCUT2D eigenvalue weighted by atomic mass is 79.9. The van der Waals surface area contributed by atoms with E-state index in [1.54, 1.807) is 12.1 Å². The molecule has 1 aromatic heterocycles. The van der Waals surface area contributed by atoms with Gasteiger partial charge >= 0.3 is 0 Å². The average molecular weight is 358 g/mol. The van der Waals surface area contributed by atoms with E-state index in [0.717, 1.165) is 38.5 Å². The third kappa shape index (κ3) is 2.78. The molecule has 1 heterocycles. The molecular weight excluding hydrogens is 341 g/mol. The number of rotatable bonds is 3. The predicted molar refractivity (Wildman–Crippen MR) is 93.5 cm³/mol. The van der Waals surface area contributed by atoms with Crippen molar-refractivity contribution in [3.8, 4) is 11.1 Å². The lowest BCUT2D eigenvalue weighted by molar-refractivity contribution is 0.628. The Morgan fingerprint density at radius 1 is 1.09 bits per heavy atom. The zero-order valence-electron chi connectivity index (χ0n) is 12.6. The number of benzene rings is 2. The summed E-state index contributed by atoms with van der Waals surface area (Å²) in [6.45, 7) is 4.35. The van der Waals surface area contributed by atoms with Crippen molar-refractivity contribution < 1.29 is 4.39 Å². The summed E-state index contributed by atoms with van der Waals surface area (Å²) in [5.41, 5.74) is 2.99. The molecule has 1 unspecified atom stereocenters. The van der Waals surface area contributed by atoms with Gasteiger partial charge in [0.05, 0.1) is 5.69 Å². The molecule has 2 aromatic carbocycles. The molecule has 3 rings (SSSR count). The van der Waals surface area contributed by atoms with Crippen LogP contribution in [-0.2, 0) is 0 Å². The van der Waals surface area contributed by atoms with Crippen molar-refractivity contribution in [2.45, 2.75) is 26.2 Å². The molecule has 0 aliphatic rings. The Hall–Kier alpha value is -1.74. The Kier molecular flexibility index (Phi) is 4.25. The molecule has 0 saturated heterocycles. The molecule has 1 atom stereocenters. The third-order valence-corrected chi connectivity index (χ3v) is 4.74. The van der Waals surface area contributed by atoms with E-state index in [9.17, 15) is 4.39 Å². The topological polar surface area (TPSA) is 12.9 Å². The molecule has 0 aliphatic heterocycles. The summed E-state index contributed by atoms with van der Waals surface area (Å²) >= 11 is 3.57. The van der Waals surface area contributed by atoms with Gasteiger partial charge in [0, 0.05) is 16.1 Å². The van der Waals surface area contributed by atoms with E-state index in [-0.39, 0.29) is 5.82 Å². The number of pyridine rings is 1. The van der Waals surface area contributed by atoms with Gasteiger partial charge in [0.1, 0.15) is 5.82 Å². The Balaban J connectivity index is 2.23.